The van der Waals surface area contributed by atoms with Crippen molar-refractivity contribution < 1.29 is 0 Å². The van der Waals surface area contributed by atoms with E-state index in [1.165, 1.54) is 12.8 Å². The van der Waals surface area contributed by atoms with E-state index >= 15 is 0 Å². The van der Waals surface area contributed by atoms with E-state index in [2.05, 4.69) is 19.1 Å². The van der Waals surface area contributed by atoms with Crippen LogP contribution < -0.4 is 0 Å². The lowest BCUT2D eigenvalue weighted by molar-refractivity contribution is 0.493. The highest BCUT2D eigenvalue weighted by molar-refractivity contribution is 5.08. The highest BCUT2D eigenvalue weighted by Crippen LogP contribution is 2.42. The molecule has 0 radical (unpaired) electrons. The van der Waals surface area contributed by atoms with Crippen molar-refractivity contribution in [2.75, 3.05) is 0 Å². The normalized spacial score (nSPS) is 50.9. The molecule has 0 aromatic rings. The highest BCUT2D eigenvalue weighted by atomic mass is 14.4. The van der Waals surface area contributed by atoms with Gasteiger partial charge in [0.2, 0.25) is 0 Å². The molecule has 0 heterocycles. The Hall–Kier alpha value is -0.260. The van der Waals surface area contributed by atoms with E-state index in [-0.39, 0.29) is 0 Å². The Morgan fingerprint density at radius 1 is 1.25 bits per heavy atom. The van der Waals surface area contributed by atoms with Crippen molar-refractivity contribution in [3.05, 3.63) is 12.2 Å². The molecule has 1 saturated carbocycles. The zero-order chi connectivity index (χ0) is 5.56. The first-order chi connectivity index (χ1) is 3.86. The van der Waals surface area contributed by atoms with Crippen molar-refractivity contribution in [3.63, 3.8) is 0 Å². The Labute approximate surface area is 50.6 Å². The predicted molar refractivity (Wildman–Crippen MR) is 34.5 cm³/mol. The fourth-order valence-electron chi connectivity index (χ4n) is 2.06. The number of hydrogen-bond acceptors (Lipinski definition) is 0. The molecule has 2 rings (SSSR count). The molecule has 8 heavy (non-hydrogen) atoms. The van der Waals surface area contributed by atoms with E-state index in [1.807, 2.05) is 0 Å². The Balaban J connectivity index is 2.23. The summed E-state index contributed by atoms with van der Waals surface area (Å²) in [6.07, 6.45) is 7.71. The standard InChI is InChI=1S/C8H12/c1-6-4-7-2-3-8(6)5-7/h2-3,6-8H,4-5H2,1H3/t6?,7?,8-/m1/s1. The van der Waals surface area contributed by atoms with Gasteiger partial charge in [-0.2, -0.15) is 0 Å². The average Bonchev–Trinajstić information content (AvgIpc) is 2.23. The second-order valence-corrected chi connectivity index (χ2v) is 3.26. The van der Waals surface area contributed by atoms with E-state index in [9.17, 15) is 0 Å². The molecule has 0 spiro atoms. The molecule has 0 saturated heterocycles. The summed E-state index contributed by atoms with van der Waals surface area (Å²) in [5.41, 5.74) is 0. The third-order valence-electron chi connectivity index (χ3n) is 2.61. The molecule has 2 aliphatic rings. The van der Waals surface area contributed by atoms with Crippen LogP contribution in [0.25, 0.3) is 0 Å². The van der Waals surface area contributed by atoms with Gasteiger partial charge in [0.05, 0.1) is 0 Å². The van der Waals surface area contributed by atoms with Gasteiger partial charge in [0, 0.05) is 0 Å². The van der Waals surface area contributed by atoms with Gasteiger partial charge in [-0.25, -0.2) is 0 Å². The maximum absolute atomic E-state index is 2.40. The Kier molecular flexibility index (Phi) is 0.787. The van der Waals surface area contributed by atoms with Crippen molar-refractivity contribution in [1.82, 2.24) is 0 Å². The van der Waals surface area contributed by atoms with Gasteiger partial charge in [-0.05, 0) is 30.6 Å². The monoisotopic (exact) mass is 108 g/mol. The third kappa shape index (κ3) is 0.460. The Bertz CT molecular complexity index is 124. The van der Waals surface area contributed by atoms with E-state index < -0.39 is 0 Å². The SMILES string of the molecule is CC1CC2C=C[C@@H]1C2. The summed E-state index contributed by atoms with van der Waals surface area (Å²) in [7, 11) is 0. The van der Waals surface area contributed by atoms with Crippen molar-refractivity contribution >= 4 is 0 Å². The maximum atomic E-state index is 2.40. The molecule has 0 heteroatoms. The molecule has 44 valence electrons. The summed E-state index contributed by atoms with van der Waals surface area (Å²) in [6, 6.07) is 0. The fraction of sp³-hybridized carbons (Fsp3) is 0.750. The van der Waals surface area contributed by atoms with Crippen LogP contribution in [0.4, 0.5) is 0 Å². The summed E-state index contributed by atoms with van der Waals surface area (Å²) in [5, 5.41) is 0. The van der Waals surface area contributed by atoms with Crippen molar-refractivity contribution in [2.24, 2.45) is 17.8 Å². The van der Waals surface area contributed by atoms with Crippen LogP contribution in [0.1, 0.15) is 19.8 Å². The quantitative estimate of drug-likeness (QED) is 0.417. The smallest absolute Gasteiger partial charge is 0.0202 e. The lowest BCUT2D eigenvalue weighted by atomic mass is 9.96. The summed E-state index contributed by atoms with van der Waals surface area (Å²) in [5.74, 6) is 2.92. The minimum Gasteiger partial charge on any atom is -0.0851 e. The zero-order valence-corrected chi connectivity index (χ0v) is 5.30. The molecule has 1 fully saturated rings. The van der Waals surface area contributed by atoms with Crippen LogP contribution in [-0.2, 0) is 0 Å². The number of rotatable bonds is 0. The summed E-state index contributed by atoms with van der Waals surface area (Å²) >= 11 is 0. The van der Waals surface area contributed by atoms with Gasteiger partial charge in [0.15, 0.2) is 0 Å². The van der Waals surface area contributed by atoms with Gasteiger partial charge in [-0.3, -0.25) is 0 Å². The van der Waals surface area contributed by atoms with Crippen molar-refractivity contribution in [3.8, 4) is 0 Å². The largest absolute Gasteiger partial charge is 0.0851 e. The summed E-state index contributed by atoms with van der Waals surface area (Å²) in [6.45, 7) is 2.37. The highest BCUT2D eigenvalue weighted by Gasteiger charge is 2.32. The van der Waals surface area contributed by atoms with Gasteiger partial charge in [0.1, 0.15) is 0 Å². The van der Waals surface area contributed by atoms with Crippen molar-refractivity contribution in [1.29, 1.82) is 0 Å². The molecule has 0 aromatic carbocycles. The van der Waals surface area contributed by atoms with Gasteiger partial charge in [-0.15, -0.1) is 0 Å². The Morgan fingerprint density at radius 2 is 2.12 bits per heavy atom. The van der Waals surface area contributed by atoms with Gasteiger partial charge >= 0.3 is 0 Å². The summed E-state index contributed by atoms with van der Waals surface area (Å²) in [4.78, 5) is 0. The molecule has 0 aromatic heterocycles. The maximum Gasteiger partial charge on any atom is -0.0202 e. The lowest BCUT2D eigenvalue weighted by Gasteiger charge is -2.09. The molecular formula is C8H12. The Morgan fingerprint density at radius 3 is 2.38 bits per heavy atom. The second kappa shape index (κ2) is 1.37. The van der Waals surface area contributed by atoms with Crippen LogP contribution in [0.3, 0.4) is 0 Å². The van der Waals surface area contributed by atoms with Gasteiger partial charge in [-0.1, -0.05) is 19.1 Å². The zero-order valence-electron chi connectivity index (χ0n) is 5.30. The van der Waals surface area contributed by atoms with Crippen LogP contribution in [0.15, 0.2) is 12.2 Å². The molecule has 0 amide bonds. The van der Waals surface area contributed by atoms with Crippen LogP contribution in [-0.4, -0.2) is 0 Å². The first-order valence-corrected chi connectivity index (χ1v) is 3.54. The van der Waals surface area contributed by atoms with E-state index in [4.69, 9.17) is 0 Å². The molecule has 0 aliphatic heterocycles. The van der Waals surface area contributed by atoms with E-state index in [0.717, 1.165) is 17.8 Å². The van der Waals surface area contributed by atoms with Crippen LogP contribution in [0.5, 0.6) is 0 Å². The number of allylic oxidation sites excluding steroid dienone is 2. The molecule has 2 unspecified atom stereocenters. The van der Waals surface area contributed by atoms with E-state index in [1.54, 1.807) is 0 Å². The molecule has 3 atom stereocenters. The molecule has 2 aliphatic carbocycles. The van der Waals surface area contributed by atoms with Crippen LogP contribution in [0, 0.1) is 17.8 Å². The van der Waals surface area contributed by atoms with Gasteiger partial charge in [0.25, 0.3) is 0 Å². The minimum atomic E-state index is 0.958. The minimum absolute atomic E-state index is 0.958. The van der Waals surface area contributed by atoms with Crippen molar-refractivity contribution in [2.45, 2.75) is 19.8 Å². The molecular weight excluding hydrogens is 96.1 g/mol. The first-order valence-electron chi connectivity index (χ1n) is 3.54. The number of fused-ring (bicyclic) bond motifs is 2. The molecule has 2 bridgehead atoms. The van der Waals surface area contributed by atoms with Gasteiger partial charge < -0.3 is 0 Å². The summed E-state index contributed by atoms with van der Waals surface area (Å²) < 4.78 is 0. The fourth-order valence-corrected chi connectivity index (χ4v) is 2.06. The predicted octanol–water partition coefficient (Wildman–Crippen LogP) is 2.22. The molecule has 0 N–H and O–H groups in total. The first kappa shape index (κ1) is 4.60. The third-order valence-corrected chi connectivity index (χ3v) is 2.61. The van der Waals surface area contributed by atoms with E-state index in [0.29, 0.717) is 0 Å². The second-order valence-electron chi connectivity index (χ2n) is 3.26. The van der Waals surface area contributed by atoms with Crippen LogP contribution in [0.2, 0.25) is 0 Å². The average molecular weight is 108 g/mol. The molecule has 0 nitrogen and oxygen atoms in total. The number of hydrogen-bond donors (Lipinski definition) is 0. The lowest BCUT2D eigenvalue weighted by Crippen LogP contribution is -1.99. The van der Waals surface area contributed by atoms with Crippen LogP contribution >= 0.6 is 0 Å². The topological polar surface area (TPSA) is 0 Å².